The molecule has 0 rings (SSSR count). The molecular weight excluding hydrogens is 234 g/mol. The summed E-state index contributed by atoms with van der Waals surface area (Å²) in [5.74, 6) is 0.0515. The molecule has 0 fully saturated rings. The third-order valence-corrected chi connectivity index (χ3v) is 2.54. The maximum absolute atomic E-state index is 11.8. The Balaban J connectivity index is 4.06. The summed E-state index contributed by atoms with van der Waals surface area (Å²) in [6, 6.07) is 0.237. The monoisotopic (exact) mass is 259 g/mol. The molecule has 0 spiro atoms. The number of rotatable bonds is 9. The fourth-order valence-corrected chi connectivity index (χ4v) is 1.96. The number of nitrogens with two attached hydrogens (primary N) is 1. The number of thiocarbonyl (C=S) groups is 1. The fourth-order valence-electron chi connectivity index (χ4n) is 1.78. The smallest absolute Gasteiger partial charge is 0.234 e. The van der Waals surface area contributed by atoms with Gasteiger partial charge in [-0.1, -0.05) is 32.5 Å². The molecule has 1 amide bonds. The van der Waals surface area contributed by atoms with Crippen LogP contribution >= 0.6 is 12.2 Å². The molecule has 0 aliphatic rings. The van der Waals surface area contributed by atoms with Gasteiger partial charge in [0.2, 0.25) is 5.91 Å². The van der Waals surface area contributed by atoms with Crippen LogP contribution in [0.5, 0.6) is 0 Å². The van der Waals surface area contributed by atoms with E-state index in [1.807, 2.05) is 11.8 Å². The highest BCUT2D eigenvalue weighted by molar-refractivity contribution is 7.80. The van der Waals surface area contributed by atoms with Crippen molar-refractivity contribution in [1.29, 1.82) is 0 Å². The molecular formula is C12H25N3OS. The summed E-state index contributed by atoms with van der Waals surface area (Å²) in [5.41, 5.74) is 5.51. The summed E-state index contributed by atoms with van der Waals surface area (Å²) in [6.07, 6.45) is 3.07. The Morgan fingerprint density at radius 1 is 1.35 bits per heavy atom. The average molecular weight is 259 g/mol. The Labute approximate surface area is 110 Å². The van der Waals surface area contributed by atoms with Gasteiger partial charge in [-0.3, -0.25) is 9.69 Å². The third kappa shape index (κ3) is 9.06. The first-order valence-corrected chi connectivity index (χ1v) is 6.70. The van der Waals surface area contributed by atoms with Crippen molar-refractivity contribution in [2.24, 2.45) is 5.73 Å². The van der Waals surface area contributed by atoms with E-state index in [4.69, 9.17) is 18.0 Å². The first-order chi connectivity index (χ1) is 7.99. The summed E-state index contributed by atoms with van der Waals surface area (Å²) in [5, 5.41) is 2.98. The van der Waals surface area contributed by atoms with Gasteiger partial charge in [-0.25, -0.2) is 0 Å². The zero-order valence-electron chi connectivity index (χ0n) is 11.2. The minimum absolute atomic E-state index is 0.0515. The van der Waals surface area contributed by atoms with Crippen LogP contribution in [0, 0.1) is 0 Å². The molecule has 3 N–H and O–H groups in total. The number of nitrogens with one attached hydrogen (secondary N) is 1. The highest BCUT2D eigenvalue weighted by Gasteiger charge is 2.12. The number of carbonyl (C=O) groups is 1. The van der Waals surface area contributed by atoms with Crippen molar-refractivity contribution in [1.82, 2.24) is 10.2 Å². The van der Waals surface area contributed by atoms with Crippen LogP contribution in [-0.2, 0) is 4.79 Å². The van der Waals surface area contributed by atoms with E-state index in [0.717, 1.165) is 25.8 Å². The molecule has 0 aromatic carbocycles. The van der Waals surface area contributed by atoms with Gasteiger partial charge in [0.25, 0.3) is 0 Å². The molecule has 0 aromatic rings. The molecule has 1 unspecified atom stereocenters. The van der Waals surface area contributed by atoms with Crippen LogP contribution in [0.1, 0.15) is 40.0 Å². The summed E-state index contributed by atoms with van der Waals surface area (Å²) in [7, 11) is 0. The lowest BCUT2D eigenvalue weighted by atomic mass is 10.2. The van der Waals surface area contributed by atoms with Crippen LogP contribution in [0.4, 0.5) is 0 Å². The summed E-state index contributed by atoms with van der Waals surface area (Å²) in [6.45, 7) is 7.94. The van der Waals surface area contributed by atoms with Gasteiger partial charge in [0, 0.05) is 12.6 Å². The summed E-state index contributed by atoms with van der Waals surface area (Å²) in [4.78, 5) is 14.2. The van der Waals surface area contributed by atoms with E-state index in [1.54, 1.807) is 0 Å². The number of amides is 1. The van der Waals surface area contributed by atoms with Crippen molar-refractivity contribution in [3.05, 3.63) is 0 Å². The van der Waals surface area contributed by atoms with Gasteiger partial charge >= 0.3 is 0 Å². The molecule has 0 aromatic heterocycles. The van der Waals surface area contributed by atoms with Crippen molar-refractivity contribution >= 4 is 23.1 Å². The van der Waals surface area contributed by atoms with E-state index < -0.39 is 0 Å². The lowest BCUT2D eigenvalue weighted by Crippen LogP contribution is -2.43. The van der Waals surface area contributed by atoms with Crippen molar-refractivity contribution in [3.63, 3.8) is 0 Å². The maximum Gasteiger partial charge on any atom is 0.234 e. The minimum Gasteiger partial charge on any atom is -0.392 e. The van der Waals surface area contributed by atoms with Crippen LogP contribution in [0.25, 0.3) is 0 Å². The molecule has 100 valence electrons. The lowest BCUT2D eigenvalue weighted by molar-refractivity contribution is -0.122. The van der Waals surface area contributed by atoms with Crippen LogP contribution in [-0.4, -0.2) is 41.5 Å². The number of carbonyl (C=O) groups excluding carboxylic acids is 1. The Morgan fingerprint density at radius 2 is 2.00 bits per heavy atom. The molecule has 1 atom stereocenters. The van der Waals surface area contributed by atoms with E-state index in [0.29, 0.717) is 18.1 Å². The van der Waals surface area contributed by atoms with Gasteiger partial charge < -0.3 is 11.1 Å². The van der Waals surface area contributed by atoms with Gasteiger partial charge in [0.05, 0.1) is 11.5 Å². The second kappa shape index (κ2) is 9.36. The highest BCUT2D eigenvalue weighted by atomic mass is 32.1. The molecule has 5 heteroatoms. The minimum atomic E-state index is 0.0515. The fraction of sp³-hybridized carbons (Fsp3) is 0.833. The Bertz CT molecular complexity index is 246. The van der Waals surface area contributed by atoms with Gasteiger partial charge in [-0.05, 0) is 26.3 Å². The molecule has 17 heavy (non-hydrogen) atoms. The second-order valence-electron chi connectivity index (χ2n) is 4.43. The van der Waals surface area contributed by atoms with Gasteiger partial charge in [0.15, 0.2) is 0 Å². The maximum atomic E-state index is 11.8. The van der Waals surface area contributed by atoms with Crippen molar-refractivity contribution < 1.29 is 4.79 Å². The lowest BCUT2D eigenvalue weighted by Gasteiger charge is -2.21. The molecule has 0 aliphatic carbocycles. The van der Waals surface area contributed by atoms with Crippen molar-refractivity contribution in [3.8, 4) is 0 Å². The first kappa shape index (κ1) is 16.3. The number of nitrogens with zero attached hydrogens (tertiary/aromatic N) is 1. The van der Waals surface area contributed by atoms with Crippen LogP contribution in [0.3, 0.4) is 0 Å². The van der Waals surface area contributed by atoms with Crippen LogP contribution in [0.15, 0.2) is 0 Å². The van der Waals surface area contributed by atoms with Crippen molar-refractivity contribution in [2.75, 3.05) is 19.6 Å². The predicted molar refractivity (Wildman–Crippen MR) is 76.0 cm³/mol. The molecule has 0 bridgehead atoms. The molecule has 0 saturated heterocycles. The zero-order chi connectivity index (χ0) is 13.3. The number of hydrogen-bond donors (Lipinski definition) is 2. The predicted octanol–water partition coefficient (Wildman–Crippen LogP) is 1.29. The zero-order valence-corrected chi connectivity index (χ0v) is 12.0. The average Bonchev–Trinajstić information content (AvgIpc) is 2.16. The molecule has 0 heterocycles. The third-order valence-electron chi connectivity index (χ3n) is 2.42. The topological polar surface area (TPSA) is 58.4 Å². The number of hydrogen-bond acceptors (Lipinski definition) is 3. The summed E-state index contributed by atoms with van der Waals surface area (Å²) >= 11 is 4.87. The SMILES string of the molecule is CCCC(C)NC(=O)CN(CCC)CC(N)=S. The van der Waals surface area contributed by atoms with Gasteiger partial charge in [0.1, 0.15) is 0 Å². The van der Waals surface area contributed by atoms with E-state index in [9.17, 15) is 4.79 Å². The van der Waals surface area contributed by atoms with E-state index in [2.05, 4.69) is 19.2 Å². The Hall–Kier alpha value is -0.680. The Morgan fingerprint density at radius 3 is 2.47 bits per heavy atom. The molecule has 0 saturated carbocycles. The van der Waals surface area contributed by atoms with Crippen LogP contribution < -0.4 is 11.1 Å². The van der Waals surface area contributed by atoms with Gasteiger partial charge in [-0.15, -0.1) is 0 Å². The van der Waals surface area contributed by atoms with Crippen molar-refractivity contribution in [2.45, 2.75) is 46.1 Å². The Kier molecular flexibility index (Phi) is 8.99. The standard InChI is InChI=1S/C12H25N3OS/c1-4-6-10(3)14-12(16)9-15(7-5-2)8-11(13)17/h10H,4-9H2,1-3H3,(H2,13,17)(H,14,16). The quantitative estimate of drug-likeness (QED) is 0.613. The van der Waals surface area contributed by atoms with Crippen LogP contribution in [0.2, 0.25) is 0 Å². The largest absolute Gasteiger partial charge is 0.392 e. The van der Waals surface area contributed by atoms with E-state index in [-0.39, 0.29) is 11.9 Å². The first-order valence-electron chi connectivity index (χ1n) is 6.29. The highest BCUT2D eigenvalue weighted by Crippen LogP contribution is 1.96. The van der Waals surface area contributed by atoms with E-state index >= 15 is 0 Å². The van der Waals surface area contributed by atoms with E-state index in [1.165, 1.54) is 0 Å². The normalized spacial score (nSPS) is 12.5. The van der Waals surface area contributed by atoms with Gasteiger partial charge in [-0.2, -0.15) is 0 Å². The molecule has 4 nitrogen and oxygen atoms in total. The molecule has 0 aliphatic heterocycles. The molecule has 0 radical (unpaired) electrons. The summed E-state index contributed by atoms with van der Waals surface area (Å²) < 4.78 is 0. The second-order valence-corrected chi connectivity index (χ2v) is 4.96.